The summed E-state index contributed by atoms with van der Waals surface area (Å²) in [5.41, 5.74) is 0. The first kappa shape index (κ1) is 65.2. The van der Waals surface area contributed by atoms with Crippen LogP contribution in [0.25, 0.3) is 0 Å². The van der Waals surface area contributed by atoms with Gasteiger partial charge in [-0.15, -0.1) is 0 Å². The first-order valence-corrected chi connectivity index (χ1v) is 28.8. The van der Waals surface area contributed by atoms with Gasteiger partial charge in [0.05, 0.1) is 39.9 Å². The average Bonchev–Trinajstić information content (AvgIpc) is 3.30. The number of hydrogen-bond acceptors (Lipinski definition) is 5. The molecule has 3 atom stereocenters. The van der Waals surface area contributed by atoms with E-state index in [9.17, 15) is 19.4 Å². The largest absolute Gasteiger partial charge is 0.472 e. The minimum Gasteiger partial charge on any atom is -0.387 e. The maximum atomic E-state index is 13.0. The van der Waals surface area contributed by atoms with Gasteiger partial charge in [0, 0.05) is 6.42 Å². The van der Waals surface area contributed by atoms with Gasteiger partial charge in [-0.05, 0) is 96.3 Å². The summed E-state index contributed by atoms with van der Waals surface area (Å²) in [5.74, 6) is -0.204. The number of rotatable bonds is 48. The van der Waals surface area contributed by atoms with Crippen molar-refractivity contribution >= 4 is 13.7 Å². The molecule has 0 saturated carbocycles. The molecule has 0 saturated heterocycles. The molecule has 0 radical (unpaired) electrons. The van der Waals surface area contributed by atoms with Gasteiger partial charge < -0.3 is 19.8 Å². The van der Waals surface area contributed by atoms with Crippen LogP contribution in [0, 0.1) is 0 Å². The molecule has 68 heavy (non-hydrogen) atoms. The summed E-state index contributed by atoms with van der Waals surface area (Å²) in [6, 6.07) is -0.882. The lowest BCUT2D eigenvalue weighted by Crippen LogP contribution is -2.45. The quantitative estimate of drug-likeness (QED) is 0.0243. The minimum absolute atomic E-state index is 0.0459. The van der Waals surface area contributed by atoms with Gasteiger partial charge in [-0.25, -0.2) is 4.57 Å². The standard InChI is InChI=1S/C59H103N2O6P/c1-6-8-10-12-14-16-18-20-22-24-26-27-28-29-30-31-32-33-35-37-39-41-43-45-47-49-51-53-59(63)60-57(56-67-68(64,65)66-55-54-61(3,4)5)58(62)52-50-48-46-44-42-40-38-36-34-25-23-21-19-17-15-13-11-9-7-2/h8,10,14,16,20,22,26-27,29-30,32-34,36,42,44,50,52,57-58,62H,6-7,9,11-13,15,17-19,21,23-25,28,31,35,37-41,43,45-49,51,53-56H2,1-5H3,(H-,60,63,64,65)/p+1/b10-8-,16-14-,22-20-,27-26-,30-29-,33-32-,36-34+,44-42+,52-50+. The van der Waals surface area contributed by atoms with E-state index in [1.54, 1.807) is 6.08 Å². The van der Waals surface area contributed by atoms with Gasteiger partial charge in [0.2, 0.25) is 5.91 Å². The van der Waals surface area contributed by atoms with Crippen molar-refractivity contribution in [3.8, 4) is 0 Å². The lowest BCUT2D eigenvalue weighted by atomic mass is 10.1. The summed E-state index contributed by atoms with van der Waals surface area (Å²) in [7, 11) is 1.52. The molecule has 1 amide bonds. The highest BCUT2D eigenvalue weighted by molar-refractivity contribution is 7.47. The molecular weight excluding hydrogens is 864 g/mol. The number of phosphoric acid groups is 1. The van der Waals surface area contributed by atoms with Crippen LogP contribution in [-0.2, 0) is 18.4 Å². The molecule has 0 aliphatic heterocycles. The summed E-state index contributed by atoms with van der Waals surface area (Å²) in [6.07, 6.45) is 71.8. The van der Waals surface area contributed by atoms with E-state index in [0.717, 1.165) is 96.3 Å². The predicted molar refractivity (Wildman–Crippen MR) is 295 cm³/mol. The first-order valence-electron chi connectivity index (χ1n) is 27.3. The van der Waals surface area contributed by atoms with Crippen LogP contribution >= 0.6 is 7.82 Å². The fourth-order valence-electron chi connectivity index (χ4n) is 7.19. The summed E-state index contributed by atoms with van der Waals surface area (Å²) in [4.78, 5) is 23.3. The highest BCUT2D eigenvalue weighted by atomic mass is 31.2. The average molecular weight is 968 g/mol. The third-order valence-electron chi connectivity index (χ3n) is 11.5. The molecule has 0 aromatic rings. The molecule has 8 nitrogen and oxygen atoms in total. The minimum atomic E-state index is -4.37. The number of amides is 1. The van der Waals surface area contributed by atoms with Crippen LogP contribution in [0.2, 0.25) is 0 Å². The Hall–Kier alpha value is -2.84. The Bertz CT molecular complexity index is 1470. The lowest BCUT2D eigenvalue weighted by molar-refractivity contribution is -0.870. The monoisotopic (exact) mass is 968 g/mol. The molecule has 0 heterocycles. The van der Waals surface area contributed by atoms with E-state index < -0.39 is 20.0 Å². The Morgan fingerprint density at radius 2 is 0.897 bits per heavy atom. The number of hydrogen-bond donors (Lipinski definition) is 3. The molecule has 0 aliphatic carbocycles. The Kier molecular flexibility index (Phi) is 47.1. The van der Waals surface area contributed by atoms with Gasteiger partial charge >= 0.3 is 7.82 Å². The number of aliphatic hydroxyl groups is 1. The normalized spacial score (nSPS) is 14.9. The Morgan fingerprint density at radius 3 is 1.35 bits per heavy atom. The third-order valence-corrected chi connectivity index (χ3v) is 12.4. The molecule has 0 spiro atoms. The van der Waals surface area contributed by atoms with Crippen LogP contribution in [-0.4, -0.2) is 73.4 Å². The van der Waals surface area contributed by atoms with Crippen molar-refractivity contribution in [2.75, 3.05) is 40.9 Å². The number of unbranched alkanes of at least 4 members (excludes halogenated alkanes) is 19. The maximum absolute atomic E-state index is 13.0. The lowest BCUT2D eigenvalue weighted by Gasteiger charge is -2.25. The Morgan fingerprint density at radius 1 is 0.515 bits per heavy atom. The smallest absolute Gasteiger partial charge is 0.387 e. The molecule has 0 aromatic heterocycles. The maximum Gasteiger partial charge on any atom is 0.472 e. The number of likely N-dealkylation sites (N-methyl/N-ethyl adjacent to an activating group) is 1. The van der Waals surface area contributed by atoms with Crippen molar-refractivity contribution < 1.29 is 32.9 Å². The fraction of sp³-hybridized carbons (Fsp3) is 0.678. The first-order chi connectivity index (χ1) is 33.0. The third kappa shape index (κ3) is 51.0. The zero-order valence-electron chi connectivity index (χ0n) is 44.3. The van der Waals surface area contributed by atoms with Crippen molar-refractivity contribution in [1.29, 1.82) is 0 Å². The highest BCUT2D eigenvalue weighted by Crippen LogP contribution is 2.43. The highest BCUT2D eigenvalue weighted by Gasteiger charge is 2.27. The Balaban J connectivity index is 4.36. The van der Waals surface area contributed by atoms with Gasteiger partial charge in [0.1, 0.15) is 13.2 Å². The van der Waals surface area contributed by atoms with E-state index in [4.69, 9.17) is 9.05 Å². The van der Waals surface area contributed by atoms with Crippen LogP contribution in [0.4, 0.5) is 0 Å². The van der Waals surface area contributed by atoms with Crippen LogP contribution < -0.4 is 5.32 Å². The number of carbonyl (C=O) groups is 1. The zero-order valence-corrected chi connectivity index (χ0v) is 45.2. The zero-order chi connectivity index (χ0) is 49.9. The van der Waals surface area contributed by atoms with E-state index in [-0.39, 0.29) is 19.1 Å². The number of allylic oxidation sites excluding steroid dienone is 17. The second-order valence-electron chi connectivity index (χ2n) is 19.2. The second-order valence-corrected chi connectivity index (χ2v) is 20.7. The molecule has 0 bridgehead atoms. The van der Waals surface area contributed by atoms with E-state index in [1.165, 1.54) is 89.9 Å². The molecule has 3 N–H and O–H groups in total. The van der Waals surface area contributed by atoms with Crippen molar-refractivity contribution in [1.82, 2.24) is 5.32 Å². The van der Waals surface area contributed by atoms with E-state index in [2.05, 4.69) is 116 Å². The van der Waals surface area contributed by atoms with Gasteiger partial charge in [0.25, 0.3) is 0 Å². The van der Waals surface area contributed by atoms with Crippen molar-refractivity contribution in [2.24, 2.45) is 0 Å². The van der Waals surface area contributed by atoms with E-state index >= 15 is 0 Å². The van der Waals surface area contributed by atoms with Gasteiger partial charge in [-0.1, -0.05) is 213 Å². The van der Waals surface area contributed by atoms with Crippen molar-refractivity contribution in [2.45, 2.75) is 219 Å². The molecular formula is C59H104N2O6P+. The van der Waals surface area contributed by atoms with E-state index in [0.29, 0.717) is 17.4 Å². The summed E-state index contributed by atoms with van der Waals surface area (Å²) in [5, 5.41) is 13.9. The fourth-order valence-corrected chi connectivity index (χ4v) is 7.93. The summed E-state index contributed by atoms with van der Waals surface area (Å²) < 4.78 is 23.6. The number of nitrogens with zero attached hydrogens (tertiary/aromatic N) is 1. The number of quaternary nitrogens is 1. The summed E-state index contributed by atoms with van der Waals surface area (Å²) >= 11 is 0. The van der Waals surface area contributed by atoms with E-state index in [1.807, 2.05) is 27.2 Å². The molecule has 9 heteroatoms. The van der Waals surface area contributed by atoms with Gasteiger partial charge in [0.15, 0.2) is 0 Å². The van der Waals surface area contributed by atoms with Crippen LogP contribution in [0.15, 0.2) is 109 Å². The molecule has 0 aliphatic rings. The Labute approximate surface area is 419 Å². The van der Waals surface area contributed by atoms with Crippen LogP contribution in [0.3, 0.4) is 0 Å². The van der Waals surface area contributed by atoms with Gasteiger partial charge in [-0.3, -0.25) is 13.8 Å². The number of carbonyl (C=O) groups excluding carboxylic acids is 1. The van der Waals surface area contributed by atoms with Crippen molar-refractivity contribution in [3.63, 3.8) is 0 Å². The second kappa shape index (κ2) is 49.2. The van der Waals surface area contributed by atoms with Crippen LogP contribution in [0.5, 0.6) is 0 Å². The van der Waals surface area contributed by atoms with Crippen LogP contribution in [0.1, 0.15) is 206 Å². The molecule has 0 rings (SSSR count). The molecule has 0 aromatic carbocycles. The van der Waals surface area contributed by atoms with Crippen molar-refractivity contribution in [3.05, 3.63) is 109 Å². The predicted octanol–water partition coefficient (Wildman–Crippen LogP) is 16.4. The molecule has 0 fully saturated rings. The molecule has 3 unspecified atom stereocenters. The number of aliphatic hydroxyl groups excluding tert-OH is 1. The molecule has 390 valence electrons. The topological polar surface area (TPSA) is 105 Å². The van der Waals surface area contributed by atoms with Gasteiger partial charge in [-0.2, -0.15) is 0 Å². The number of nitrogens with one attached hydrogen (secondary N) is 1. The SMILES string of the molecule is CC/C=C\C/C=C\C/C=C\C/C=C\C/C=C\C/C=C\CCCCCCCCCCC(=O)NC(COP(=O)(O)OCC[N+](C)(C)C)C(O)/C=C/CC/C=C/CC/C=C/CCCCCCCCCCC. The number of phosphoric ester groups is 1. The summed E-state index contributed by atoms with van der Waals surface area (Å²) in [6.45, 7) is 4.65.